The second-order valence-electron chi connectivity index (χ2n) is 6.78. The molecule has 0 aliphatic carbocycles. The van der Waals surface area contributed by atoms with Gasteiger partial charge >= 0.3 is 0 Å². The number of rotatable bonds is 6. The summed E-state index contributed by atoms with van der Waals surface area (Å²) in [5, 5.41) is 0. The summed E-state index contributed by atoms with van der Waals surface area (Å²) in [5.74, 6) is 0.190. The molecule has 0 radical (unpaired) electrons. The van der Waals surface area contributed by atoms with E-state index in [0.29, 0.717) is 29.3 Å². The van der Waals surface area contributed by atoms with E-state index >= 15 is 0 Å². The predicted molar refractivity (Wildman–Crippen MR) is 113 cm³/mol. The smallest absolute Gasteiger partial charge is 0.272 e. The number of anilines is 2. The zero-order chi connectivity index (χ0) is 21.0. The van der Waals surface area contributed by atoms with Crippen LogP contribution in [-0.2, 0) is 17.8 Å². The van der Waals surface area contributed by atoms with Gasteiger partial charge in [0.25, 0.3) is 5.56 Å². The average molecular weight is 392 g/mol. The number of hydrogen-bond donors (Lipinski definition) is 2. The fourth-order valence-corrected chi connectivity index (χ4v) is 3.01. The van der Waals surface area contributed by atoms with Crippen molar-refractivity contribution in [1.82, 2.24) is 14.6 Å². The molecular formula is C21H24N6O2. The quantitative estimate of drug-likeness (QED) is 0.662. The first-order chi connectivity index (χ1) is 13.9. The molecule has 8 heteroatoms. The van der Waals surface area contributed by atoms with Crippen LogP contribution in [0.2, 0.25) is 0 Å². The Balaban J connectivity index is 1.79. The highest BCUT2D eigenvalue weighted by atomic mass is 16.2. The van der Waals surface area contributed by atoms with Gasteiger partial charge in [-0.05, 0) is 49.7 Å². The van der Waals surface area contributed by atoms with Gasteiger partial charge in [0.2, 0.25) is 5.91 Å². The van der Waals surface area contributed by atoms with Crippen LogP contribution in [0.1, 0.15) is 22.5 Å². The molecule has 3 aromatic rings. The summed E-state index contributed by atoms with van der Waals surface area (Å²) in [6.45, 7) is 4.01. The summed E-state index contributed by atoms with van der Waals surface area (Å²) >= 11 is 0. The van der Waals surface area contributed by atoms with E-state index < -0.39 is 0 Å². The van der Waals surface area contributed by atoms with E-state index in [-0.39, 0.29) is 17.9 Å². The van der Waals surface area contributed by atoms with E-state index in [1.165, 1.54) is 9.58 Å². The highest BCUT2D eigenvalue weighted by Crippen LogP contribution is 2.19. The lowest BCUT2D eigenvalue weighted by Crippen LogP contribution is -2.35. The van der Waals surface area contributed by atoms with Crippen LogP contribution < -0.4 is 21.6 Å². The maximum absolute atomic E-state index is 12.9. The van der Waals surface area contributed by atoms with Crippen LogP contribution in [0.3, 0.4) is 0 Å². The number of aromatic nitrogens is 3. The number of nitrogens with zero attached hydrogens (tertiary/aromatic N) is 4. The number of nitrogens with one attached hydrogen (secondary N) is 1. The Bertz CT molecular complexity index is 1080. The maximum Gasteiger partial charge on any atom is 0.272 e. The number of nitrogens with two attached hydrogens (primary N) is 1. The Morgan fingerprint density at radius 3 is 2.69 bits per heavy atom. The van der Waals surface area contributed by atoms with E-state index in [2.05, 4.69) is 15.4 Å². The summed E-state index contributed by atoms with van der Waals surface area (Å²) in [5.41, 5.74) is 11.8. The van der Waals surface area contributed by atoms with E-state index in [0.717, 1.165) is 11.3 Å². The monoisotopic (exact) mass is 392 g/mol. The molecule has 3 aromatic heterocycles. The van der Waals surface area contributed by atoms with Gasteiger partial charge in [-0.15, -0.1) is 0 Å². The number of pyridine rings is 3. The molecule has 29 heavy (non-hydrogen) atoms. The van der Waals surface area contributed by atoms with Crippen molar-refractivity contribution >= 4 is 17.4 Å². The first-order valence-electron chi connectivity index (χ1n) is 9.21. The first-order valence-corrected chi connectivity index (χ1v) is 9.21. The van der Waals surface area contributed by atoms with Gasteiger partial charge in [0.1, 0.15) is 5.82 Å². The van der Waals surface area contributed by atoms with Crippen LogP contribution in [-0.4, -0.2) is 27.6 Å². The van der Waals surface area contributed by atoms with Crippen LogP contribution >= 0.6 is 0 Å². The second kappa shape index (κ2) is 8.55. The Morgan fingerprint density at radius 1 is 1.21 bits per heavy atom. The average Bonchev–Trinajstić information content (AvgIpc) is 2.70. The number of hydrogen-bond acceptors (Lipinski definition) is 6. The molecule has 3 heterocycles. The third-order valence-corrected chi connectivity index (χ3v) is 4.73. The van der Waals surface area contributed by atoms with Crippen molar-refractivity contribution in [3.63, 3.8) is 0 Å². The zero-order valence-corrected chi connectivity index (χ0v) is 16.7. The standard InChI is InChI=1S/C21H24N6O2/c1-14-9-11-27(24-13-16-6-4-5-10-23-16)21(29)17(14)12-20(28)26(3)18-7-8-19(22)25-15(18)2/h4-11,24H,12-13H2,1-3H3,(H2,22,25). The Labute approximate surface area is 169 Å². The predicted octanol–water partition coefficient (Wildman–Crippen LogP) is 1.79. The lowest BCUT2D eigenvalue weighted by atomic mass is 10.1. The van der Waals surface area contributed by atoms with Gasteiger partial charge in [-0.1, -0.05) is 6.07 Å². The normalized spacial score (nSPS) is 10.6. The van der Waals surface area contributed by atoms with Gasteiger partial charge in [-0.2, -0.15) is 0 Å². The van der Waals surface area contributed by atoms with Crippen LogP contribution in [0, 0.1) is 13.8 Å². The largest absolute Gasteiger partial charge is 0.384 e. The van der Waals surface area contributed by atoms with Crippen molar-refractivity contribution in [3.05, 3.63) is 81.7 Å². The van der Waals surface area contributed by atoms with Crippen molar-refractivity contribution in [2.24, 2.45) is 0 Å². The molecule has 0 aromatic carbocycles. The maximum atomic E-state index is 12.9. The summed E-state index contributed by atoms with van der Waals surface area (Å²) in [7, 11) is 1.67. The van der Waals surface area contributed by atoms with E-state index in [1.807, 2.05) is 31.2 Å². The minimum atomic E-state index is -0.255. The fraction of sp³-hybridized carbons (Fsp3) is 0.238. The van der Waals surface area contributed by atoms with E-state index in [9.17, 15) is 9.59 Å². The zero-order valence-electron chi connectivity index (χ0n) is 16.7. The van der Waals surface area contributed by atoms with Gasteiger partial charge < -0.3 is 16.1 Å². The minimum absolute atomic E-state index is 0.0168. The summed E-state index contributed by atoms with van der Waals surface area (Å²) < 4.78 is 1.39. The van der Waals surface area contributed by atoms with Crippen molar-refractivity contribution in [2.45, 2.75) is 26.8 Å². The van der Waals surface area contributed by atoms with Crippen molar-refractivity contribution < 1.29 is 4.79 Å². The first kappa shape index (κ1) is 20.1. The summed E-state index contributed by atoms with van der Waals surface area (Å²) in [4.78, 5) is 35.6. The molecular weight excluding hydrogens is 368 g/mol. The molecule has 8 nitrogen and oxygen atoms in total. The number of likely N-dealkylation sites (N-methyl/N-ethyl adjacent to an activating group) is 1. The highest BCUT2D eigenvalue weighted by molar-refractivity contribution is 5.94. The van der Waals surface area contributed by atoms with E-state index in [1.54, 1.807) is 38.5 Å². The molecule has 0 unspecified atom stereocenters. The van der Waals surface area contributed by atoms with Gasteiger partial charge in [-0.25, -0.2) is 9.66 Å². The highest BCUT2D eigenvalue weighted by Gasteiger charge is 2.18. The molecule has 150 valence electrons. The third-order valence-electron chi connectivity index (χ3n) is 4.73. The Kier molecular flexibility index (Phi) is 5.92. The van der Waals surface area contributed by atoms with Crippen molar-refractivity contribution in [3.8, 4) is 0 Å². The Morgan fingerprint density at radius 2 is 2.00 bits per heavy atom. The molecule has 0 atom stereocenters. The molecule has 0 saturated carbocycles. The summed E-state index contributed by atoms with van der Waals surface area (Å²) in [6.07, 6.45) is 3.34. The molecule has 1 amide bonds. The van der Waals surface area contributed by atoms with Crippen LogP contribution in [0.4, 0.5) is 11.5 Å². The topological polar surface area (TPSA) is 106 Å². The second-order valence-corrected chi connectivity index (χ2v) is 6.78. The molecule has 0 fully saturated rings. The van der Waals surface area contributed by atoms with Crippen molar-refractivity contribution in [2.75, 3.05) is 23.1 Å². The van der Waals surface area contributed by atoms with Crippen LogP contribution in [0.5, 0.6) is 0 Å². The van der Waals surface area contributed by atoms with Gasteiger partial charge in [0.05, 0.1) is 30.0 Å². The SMILES string of the molecule is Cc1ccn(NCc2ccccn2)c(=O)c1CC(=O)N(C)c1ccc(N)nc1C. The molecule has 3 N–H and O–H groups in total. The Hall–Kier alpha value is -3.68. The van der Waals surface area contributed by atoms with Crippen LogP contribution in [0.25, 0.3) is 0 Å². The molecule has 0 bridgehead atoms. The van der Waals surface area contributed by atoms with Gasteiger partial charge in [-0.3, -0.25) is 14.6 Å². The third kappa shape index (κ3) is 4.60. The summed E-state index contributed by atoms with van der Waals surface area (Å²) in [6, 6.07) is 10.8. The lowest BCUT2D eigenvalue weighted by molar-refractivity contribution is -0.117. The molecule has 0 spiro atoms. The molecule has 3 rings (SSSR count). The molecule has 0 aliphatic rings. The van der Waals surface area contributed by atoms with Crippen molar-refractivity contribution in [1.29, 1.82) is 0 Å². The minimum Gasteiger partial charge on any atom is -0.384 e. The molecule has 0 saturated heterocycles. The number of aryl methyl sites for hydroxylation is 2. The van der Waals surface area contributed by atoms with Crippen LogP contribution in [0.15, 0.2) is 53.6 Å². The number of nitrogen functional groups attached to an aromatic ring is 1. The van der Waals surface area contributed by atoms with Gasteiger partial charge in [0.15, 0.2) is 0 Å². The fourth-order valence-electron chi connectivity index (χ4n) is 3.01. The lowest BCUT2D eigenvalue weighted by Gasteiger charge is -2.20. The number of amides is 1. The molecule has 0 aliphatic heterocycles. The van der Waals surface area contributed by atoms with E-state index in [4.69, 9.17) is 5.73 Å². The number of carbonyl (C=O) groups is 1. The number of carbonyl (C=O) groups excluding carboxylic acids is 1. The van der Waals surface area contributed by atoms with Gasteiger partial charge in [0, 0.05) is 25.0 Å².